The highest BCUT2D eigenvalue weighted by molar-refractivity contribution is 7.53. The molecule has 0 aliphatic heterocycles. The summed E-state index contributed by atoms with van der Waals surface area (Å²) in [4.78, 5) is 35.3. The lowest BCUT2D eigenvalue weighted by Gasteiger charge is -2.21. The second-order valence-corrected chi connectivity index (χ2v) is 9.62. The van der Waals surface area contributed by atoms with Crippen molar-refractivity contribution in [1.29, 1.82) is 0 Å². The molecule has 2 aromatic rings. The van der Waals surface area contributed by atoms with Crippen LogP contribution < -0.4 is 5.73 Å². The van der Waals surface area contributed by atoms with Gasteiger partial charge in [0.05, 0.1) is 31.2 Å². The standard InChI is InChI=1S/C20H30N5O10P/c1-6-15(7-25-9-24-16-17(21)22-8-23-18(16)25)31-12-36(28,32-10-29-19(26)34-13(2)3)33-11-30-20(27)35-14(4)5/h6,8-9,13-15H,1,7,10-12H2,2-5H3,(H2,21,22,23)/t15-/m1/s1. The third-order valence-corrected chi connectivity index (χ3v) is 5.49. The highest BCUT2D eigenvalue weighted by Gasteiger charge is 2.29. The van der Waals surface area contributed by atoms with E-state index in [1.165, 1.54) is 18.7 Å². The van der Waals surface area contributed by atoms with E-state index in [0.717, 1.165) is 0 Å². The Bertz CT molecular complexity index is 1040. The van der Waals surface area contributed by atoms with Gasteiger partial charge in [-0.15, -0.1) is 6.58 Å². The van der Waals surface area contributed by atoms with E-state index in [1.54, 1.807) is 32.3 Å². The van der Waals surface area contributed by atoms with E-state index in [-0.39, 0.29) is 12.4 Å². The van der Waals surface area contributed by atoms with Gasteiger partial charge < -0.3 is 34.0 Å². The van der Waals surface area contributed by atoms with Crippen molar-refractivity contribution in [1.82, 2.24) is 19.5 Å². The van der Waals surface area contributed by atoms with Gasteiger partial charge in [-0.25, -0.2) is 24.5 Å². The Morgan fingerprint density at radius 2 is 1.64 bits per heavy atom. The second-order valence-electron chi connectivity index (χ2n) is 7.62. The zero-order valence-corrected chi connectivity index (χ0v) is 21.3. The van der Waals surface area contributed by atoms with Crippen LogP contribution in [-0.2, 0) is 43.8 Å². The zero-order valence-electron chi connectivity index (χ0n) is 20.4. The molecule has 15 nitrogen and oxygen atoms in total. The highest BCUT2D eigenvalue weighted by Crippen LogP contribution is 2.48. The Kier molecular flexibility index (Phi) is 11.0. The molecule has 0 radical (unpaired) electrons. The van der Waals surface area contributed by atoms with E-state index in [0.29, 0.717) is 11.2 Å². The van der Waals surface area contributed by atoms with Gasteiger partial charge in [0.25, 0.3) is 0 Å². The number of anilines is 1. The number of nitrogen functional groups attached to an aromatic ring is 1. The molecule has 16 heteroatoms. The van der Waals surface area contributed by atoms with Gasteiger partial charge in [-0.1, -0.05) is 6.08 Å². The summed E-state index contributed by atoms with van der Waals surface area (Å²) in [6.45, 7) is 8.82. The molecule has 0 aliphatic carbocycles. The number of hydrogen-bond acceptors (Lipinski definition) is 14. The van der Waals surface area contributed by atoms with E-state index >= 15 is 0 Å². The molecule has 0 amide bonds. The smallest absolute Gasteiger partial charge is 0.432 e. The first-order valence-electron chi connectivity index (χ1n) is 10.7. The van der Waals surface area contributed by atoms with E-state index in [9.17, 15) is 14.2 Å². The van der Waals surface area contributed by atoms with E-state index in [4.69, 9.17) is 38.5 Å². The molecule has 0 saturated carbocycles. The molecule has 2 aromatic heterocycles. The molecule has 0 saturated heterocycles. The van der Waals surface area contributed by atoms with Gasteiger partial charge in [-0.2, -0.15) is 0 Å². The second kappa shape index (κ2) is 13.7. The average molecular weight is 531 g/mol. The molecule has 2 N–H and O–H groups in total. The fraction of sp³-hybridized carbons (Fsp3) is 0.550. The molecule has 0 aliphatic rings. The summed E-state index contributed by atoms with van der Waals surface area (Å²) in [7, 11) is -4.12. The molecule has 0 fully saturated rings. The summed E-state index contributed by atoms with van der Waals surface area (Å²) in [5.74, 6) is 0.216. The molecule has 36 heavy (non-hydrogen) atoms. The van der Waals surface area contributed by atoms with Crippen molar-refractivity contribution >= 4 is 36.9 Å². The molecular weight excluding hydrogens is 501 g/mol. The lowest BCUT2D eigenvalue weighted by atomic mass is 10.3. The van der Waals surface area contributed by atoms with Crippen molar-refractivity contribution in [2.45, 2.75) is 52.6 Å². The van der Waals surface area contributed by atoms with Crippen LogP contribution >= 0.6 is 7.60 Å². The van der Waals surface area contributed by atoms with Gasteiger partial charge in [0.2, 0.25) is 13.6 Å². The van der Waals surface area contributed by atoms with Crippen LogP contribution in [0, 0.1) is 0 Å². The summed E-state index contributed by atoms with van der Waals surface area (Å²) >= 11 is 0. The van der Waals surface area contributed by atoms with Crippen molar-refractivity contribution < 1.29 is 46.9 Å². The average Bonchev–Trinajstić information content (AvgIpc) is 3.19. The van der Waals surface area contributed by atoms with Gasteiger partial charge >= 0.3 is 19.9 Å². The zero-order chi connectivity index (χ0) is 26.7. The van der Waals surface area contributed by atoms with Gasteiger partial charge in [0.15, 0.2) is 11.5 Å². The Morgan fingerprint density at radius 1 is 1.06 bits per heavy atom. The number of hydrogen-bond donors (Lipinski definition) is 1. The first kappa shape index (κ1) is 29.0. The fourth-order valence-corrected chi connectivity index (χ4v) is 3.51. The number of nitrogens with two attached hydrogens (primary N) is 1. The molecule has 0 unspecified atom stereocenters. The summed E-state index contributed by atoms with van der Waals surface area (Å²) in [6, 6.07) is 0. The lowest BCUT2D eigenvalue weighted by Crippen LogP contribution is -2.21. The maximum atomic E-state index is 13.2. The predicted molar refractivity (Wildman–Crippen MR) is 125 cm³/mol. The molecule has 2 rings (SSSR count). The van der Waals surface area contributed by atoms with Crippen LogP contribution in [0.4, 0.5) is 15.4 Å². The van der Waals surface area contributed by atoms with Crippen molar-refractivity contribution in [3.05, 3.63) is 25.3 Å². The molecule has 0 aromatic carbocycles. The van der Waals surface area contributed by atoms with Crippen LogP contribution in [0.5, 0.6) is 0 Å². The maximum absolute atomic E-state index is 13.2. The minimum absolute atomic E-state index is 0.172. The number of fused-ring (bicyclic) bond motifs is 1. The van der Waals surface area contributed by atoms with Crippen LogP contribution in [0.15, 0.2) is 25.3 Å². The Labute approximate surface area is 207 Å². The van der Waals surface area contributed by atoms with Crippen molar-refractivity contribution in [2.75, 3.05) is 25.7 Å². The SMILES string of the molecule is C=C[C@H](Cn1cnc2c(N)ncnc21)OCP(=O)(OCOC(=O)OC(C)C)OCOC(=O)OC(C)C. The molecule has 0 bridgehead atoms. The molecule has 1 atom stereocenters. The van der Waals surface area contributed by atoms with E-state index in [2.05, 4.69) is 21.5 Å². The summed E-state index contributed by atoms with van der Waals surface area (Å²) in [5, 5.41) is 0. The quantitative estimate of drug-likeness (QED) is 0.162. The Morgan fingerprint density at radius 3 is 2.17 bits per heavy atom. The number of carbonyl (C=O) groups is 2. The van der Waals surface area contributed by atoms with Crippen LogP contribution in [0.25, 0.3) is 11.2 Å². The topological polar surface area (TPSA) is 185 Å². The molecule has 200 valence electrons. The third-order valence-electron chi connectivity index (χ3n) is 4.03. The van der Waals surface area contributed by atoms with Crippen LogP contribution in [-0.4, -0.2) is 70.1 Å². The monoisotopic (exact) mass is 531 g/mol. The molecule has 0 spiro atoms. The minimum Gasteiger partial charge on any atom is -0.432 e. The minimum atomic E-state index is -4.12. The highest BCUT2D eigenvalue weighted by atomic mass is 31.2. The first-order valence-corrected chi connectivity index (χ1v) is 12.5. The van der Waals surface area contributed by atoms with Crippen molar-refractivity contribution in [2.24, 2.45) is 0 Å². The number of carbonyl (C=O) groups excluding carboxylic acids is 2. The summed E-state index contributed by atoms with van der Waals surface area (Å²) < 4.78 is 49.8. The number of rotatable bonds is 14. The summed E-state index contributed by atoms with van der Waals surface area (Å²) in [5.41, 5.74) is 6.67. The van der Waals surface area contributed by atoms with Gasteiger partial charge in [-0.05, 0) is 27.7 Å². The largest absolute Gasteiger partial charge is 0.510 e. The van der Waals surface area contributed by atoms with Crippen molar-refractivity contribution in [3.8, 4) is 0 Å². The first-order chi connectivity index (χ1) is 17.0. The lowest BCUT2D eigenvalue weighted by molar-refractivity contribution is -0.0360. The molecular formula is C20H30N5O10P. The number of nitrogens with zero attached hydrogens (tertiary/aromatic N) is 4. The van der Waals surface area contributed by atoms with E-state index < -0.39 is 58.2 Å². The third kappa shape index (κ3) is 9.41. The van der Waals surface area contributed by atoms with Gasteiger partial charge in [-0.3, -0.25) is 13.6 Å². The van der Waals surface area contributed by atoms with Crippen molar-refractivity contribution in [3.63, 3.8) is 0 Å². The predicted octanol–water partition coefficient (Wildman–Crippen LogP) is 3.20. The normalized spacial score (nSPS) is 12.5. The van der Waals surface area contributed by atoms with Gasteiger partial charge in [0, 0.05) is 0 Å². The van der Waals surface area contributed by atoms with Crippen LogP contribution in [0.3, 0.4) is 0 Å². The Hall–Kier alpha value is -3.26. The van der Waals surface area contributed by atoms with Gasteiger partial charge in [0.1, 0.15) is 18.2 Å². The Balaban J connectivity index is 2.01. The van der Waals surface area contributed by atoms with E-state index in [1.807, 2.05) is 0 Å². The summed E-state index contributed by atoms with van der Waals surface area (Å²) in [6.07, 6.45) is -0.0216. The fourth-order valence-electron chi connectivity index (χ4n) is 2.48. The maximum Gasteiger partial charge on any atom is 0.510 e. The molecule has 2 heterocycles. The van der Waals surface area contributed by atoms with Crippen LogP contribution in [0.1, 0.15) is 27.7 Å². The van der Waals surface area contributed by atoms with Crippen LogP contribution in [0.2, 0.25) is 0 Å². The number of aromatic nitrogens is 4. The number of ether oxygens (including phenoxy) is 5. The number of imidazole rings is 1.